The summed E-state index contributed by atoms with van der Waals surface area (Å²) in [5.74, 6) is 0.00938. The smallest absolute Gasteiger partial charge is 0.248 e. The van der Waals surface area contributed by atoms with E-state index in [-0.39, 0.29) is 16.6 Å². The first-order valence-electron chi connectivity index (χ1n) is 6.39. The number of hydrogen-bond donors (Lipinski definition) is 1. The summed E-state index contributed by atoms with van der Waals surface area (Å²) in [7, 11) is 0. The van der Waals surface area contributed by atoms with Crippen LogP contribution >= 0.6 is 11.8 Å². The summed E-state index contributed by atoms with van der Waals surface area (Å²) >= 11 is 1.74. The van der Waals surface area contributed by atoms with Crippen LogP contribution in [0.5, 0.6) is 0 Å². The van der Waals surface area contributed by atoms with Crippen LogP contribution in [-0.2, 0) is 9.59 Å². The third-order valence-electron chi connectivity index (χ3n) is 3.61. The van der Waals surface area contributed by atoms with Crippen molar-refractivity contribution in [1.82, 2.24) is 10.2 Å². The third-order valence-corrected chi connectivity index (χ3v) is 4.85. The van der Waals surface area contributed by atoms with Gasteiger partial charge in [-0.15, -0.1) is 0 Å². The Balaban J connectivity index is 2.91. The quantitative estimate of drug-likeness (QED) is 0.846. The minimum atomic E-state index is -0.748. The SMILES string of the molecule is CCC1(C)NC(=O)CCN(CC(C)(C)SC)C1=O. The van der Waals surface area contributed by atoms with E-state index >= 15 is 0 Å². The lowest BCUT2D eigenvalue weighted by molar-refractivity contribution is -0.138. The van der Waals surface area contributed by atoms with Crippen molar-refractivity contribution in [2.45, 2.75) is 50.8 Å². The molecule has 18 heavy (non-hydrogen) atoms. The average Bonchev–Trinajstić information content (AvgIpc) is 2.41. The minimum absolute atomic E-state index is 0.0116. The summed E-state index contributed by atoms with van der Waals surface area (Å²) in [6.45, 7) is 9.18. The molecule has 1 atom stereocenters. The molecule has 0 spiro atoms. The van der Waals surface area contributed by atoms with Crippen LogP contribution in [0.2, 0.25) is 0 Å². The highest BCUT2D eigenvalue weighted by molar-refractivity contribution is 7.99. The maximum Gasteiger partial charge on any atom is 0.248 e. The molecule has 104 valence electrons. The van der Waals surface area contributed by atoms with Gasteiger partial charge in [0, 0.05) is 24.3 Å². The largest absolute Gasteiger partial charge is 0.342 e. The molecule has 1 saturated heterocycles. The fraction of sp³-hybridized carbons (Fsp3) is 0.846. The molecular weight excluding hydrogens is 248 g/mol. The van der Waals surface area contributed by atoms with E-state index < -0.39 is 5.54 Å². The second kappa shape index (κ2) is 5.51. The molecule has 2 amide bonds. The number of carbonyl (C=O) groups is 2. The van der Waals surface area contributed by atoms with Crippen LogP contribution in [0.4, 0.5) is 0 Å². The minimum Gasteiger partial charge on any atom is -0.342 e. The van der Waals surface area contributed by atoms with Crippen molar-refractivity contribution in [3.05, 3.63) is 0 Å². The normalized spacial score (nSPS) is 25.9. The van der Waals surface area contributed by atoms with E-state index in [1.54, 1.807) is 11.8 Å². The standard InChI is InChI=1S/C13H24N2O2S/c1-6-13(4)11(17)15(8-7-10(16)14-13)9-12(2,3)18-5/h6-9H2,1-5H3,(H,14,16). The molecule has 0 aromatic heterocycles. The predicted octanol–water partition coefficient (Wildman–Crippen LogP) is 1.65. The van der Waals surface area contributed by atoms with E-state index in [2.05, 4.69) is 19.2 Å². The lowest BCUT2D eigenvalue weighted by atomic mass is 9.97. The molecule has 0 radical (unpaired) electrons. The monoisotopic (exact) mass is 272 g/mol. The fourth-order valence-electron chi connectivity index (χ4n) is 2.03. The van der Waals surface area contributed by atoms with Gasteiger partial charge in [0.05, 0.1) is 0 Å². The summed E-state index contributed by atoms with van der Waals surface area (Å²) in [6.07, 6.45) is 3.06. The summed E-state index contributed by atoms with van der Waals surface area (Å²) in [5.41, 5.74) is -0.748. The van der Waals surface area contributed by atoms with E-state index in [4.69, 9.17) is 0 Å². The Morgan fingerprint density at radius 2 is 2.06 bits per heavy atom. The van der Waals surface area contributed by atoms with Gasteiger partial charge in [-0.25, -0.2) is 0 Å². The number of amides is 2. The Morgan fingerprint density at radius 3 is 2.56 bits per heavy atom. The van der Waals surface area contributed by atoms with Crippen molar-refractivity contribution in [1.29, 1.82) is 0 Å². The summed E-state index contributed by atoms with van der Waals surface area (Å²) in [5, 5.41) is 2.85. The average molecular weight is 272 g/mol. The van der Waals surface area contributed by atoms with E-state index in [1.165, 1.54) is 0 Å². The molecule has 0 aromatic rings. The first kappa shape index (κ1) is 15.3. The number of nitrogens with one attached hydrogen (secondary N) is 1. The second-order valence-corrected chi connectivity index (χ2v) is 7.19. The van der Waals surface area contributed by atoms with Crippen LogP contribution in [0.3, 0.4) is 0 Å². The summed E-state index contributed by atoms with van der Waals surface area (Å²) < 4.78 is 0.0116. The molecule has 1 aliphatic heterocycles. The van der Waals surface area contributed by atoms with E-state index in [1.807, 2.05) is 25.0 Å². The van der Waals surface area contributed by atoms with Crippen molar-refractivity contribution in [3.8, 4) is 0 Å². The van der Waals surface area contributed by atoms with Gasteiger partial charge in [0.25, 0.3) is 0 Å². The van der Waals surface area contributed by atoms with Crippen LogP contribution in [0.1, 0.15) is 40.5 Å². The number of nitrogens with zero attached hydrogens (tertiary/aromatic N) is 1. The van der Waals surface area contributed by atoms with Gasteiger partial charge in [0.15, 0.2) is 0 Å². The number of rotatable bonds is 4. The first-order valence-corrected chi connectivity index (χ1v) is 7.62. The maximum atomic E-state index is 12.5. The van der Waals surface area contributed by atoms with Gasteiger partial charge in [-0.1, -0.05) is 6.92 Å². The van der Waals surface area contributed by atoms with Crippen LogP contribution in [0.15, 0.2) is 0 Å². The molecule has 0 bridgehead atoms. The van der Waals surface area contributed by atoms with Crippen LogP contribution in [-0.4, -0.2) is 46.3 Å². The molecule has 0 aliphatic carbocycles. The van der Waals surface area contributed by atoms with Gasteiger partial charge >= 0.3 is 0 Å². The number of hydrogen-bond acceptors (Lipinski definition) is 3. The Bertz CT molecular complexity index is 344. The van der Waals surface area contributed by atoms with E-state index in [0.717, 1.165) is 0 Å². The van der Waals surface area contributed by atoms with Crippen molar-refractivity contribution in [3.63, 3.8) is 0 Å². The van der Waals surface area contributed by atoms with Gasteiger partial charge in [-0.2, -0.15) is 11.8 Å². The highest BCUT2D eigenvalue weighted by Gasteiger charge is 2.40. The highest BCUT2D eigenvalue weighted by Crippen LogP contribution is 2.25. The van der Waals surface area contributed by atoms with Gasteiger partial charge < -0.3 is 10.2 Å². The molecule has 1 aliphatic rings. The Kier molecular flexibility index (Phi) is 4.70. The van der Waals surface area contributed by atoms with Crippen LogP contribution in [0.25, 0.3) is 0 Å². The van der Waals surface area contributed by atoms with E-state index in [0.29, 0.717) is 25.9 Å². The molecular formula is C13H24N2O2S. The highest BCUT2D eigenvalue weighted by atomic mass is 32.2. The molecule has 5 heteroatoms. The summed E-state index contributed by atoms with van der Waals surface area (Å²) in [6, 6.07) is 0. The van der Waals surface area contributed by atoms with Crippen LogP contribution < -0.4 is 5.32 Å². The lowest BCUT2D eigenvalue weighted by Crippen LogP contribution is -2.56. The van der Waals surface area contributed by atoms with Crippen molar-refractivity contribution < 1.29 is 9.59 Å². The molecule has 1 rings (SSSR count). The molecule has 1 heterocycles. The van der Waals surface area contributed by atoms with Crippen molar-refractivity contribution in [2.24, 2.45) is 0 Å². The molecule has 1 unspecified atom stereocenters. The molecule has 1 N–H and O–H groups in total. The lowest BCUT2D eigenvalue weighted by Gasteiger charge is -2.35. The molecule has 0 aromatic carbocycles. The Labute approximate surface area is 114 Å². The van der Waals surface area contributed by atoms with Gasteiger partial charge in [0.2, 0.25) is 11.8 Å². The second-order valence-electron chi connectivity index (χ2n) is 5.67. The zero-order chi connectivity index (χ0) is 14.0. The number of thioether (sulfide) groups is 1. The van der Waals surface area contributed by atoms with Crippen molar-refractivity contribution in [2.75, 3.05) is 19.3 Å². The third kappa shape index (κ3) is 3.40. The fourth-order valence-corrected chi connectivity index (χ4v) is 2.31. The topological polar surface area (TPSA) is 49.4 Å². The zero-order valence-corrected chi connectivity index (χ0v) is 12.8. The first-order chi connectivity index (χ1) is 8.24. The maximum absolute atomic E-state index is 12.5. The Morgan fingerprint density at radius 1 is 1.44 bits per heavy atom. The van der Waals surface area contributed by atoms with Crippen molar-refractivity contribution >= 4 is 23.6 Å². The molecule has 0 saturated carbocycles. The predicted molar refractivity (Wildman–Crippen MR) is 75.6 cm³/mol. The van der Waals surface area contributed by atoms with Crippen LogP contribution in [0, 0.1) is 0 Å². The summed E-state index contributed by atoms with van der Waals surface area (Å²) in [4.78, 5) is 26.1. The van der Waals surface area contributed by atoms with Gasteiger partial charge in [-0.3, -0.25) is 9.59 Å². The number of carbonyl (C=O) groups excluding carboxylic acids is 2. The molecule has 4 nitrogen and oxygen atoms in total. The van der Waals surface area contributed by atoms with Gasteiger partial charge in [-0.05, 0) is 33.4 Å². The van der Waals surface area contributed by atoms with Gasteiger partial charge in [0.1, 0.15) is 5.54 Å². The van der Waals surface area contributed by atoms with E-state index in [9.17, 15) is 9.59 Å². The Hall–Kier alpha value is -0.710. The zero-order valence-electron chi connectivity index (χ0n) is 12.0. The molecule has 1 fully saturated rings.